The first kappa shape index (κ1) is 20.8. The van der Waals surface area contributed by atoms with Crippen LogP contribution in [0.2, 0.25) is 5.02 Å². The van der Waals surface area contributed by atoms with Crippen LogP contribution >= 0.6 is 23.4 Å². The van der Waals surface area contributed by atoms with Crippen molar-refractivity contribution < 1.29 is 9.59 Å². The number of benzene rings is 1. The lowest BCUT2D eigenvalue weighted by Crippen LogP contribution is -2.24. The summed E-state index contributed by atoms with van der Waals surface area (Å²) >= 11 is 7.98. The van der Waals surface area contributed by atoms with Crippen LogP contribution in [0.1, 0.15) is 61.0 Å². The molecule has 2 aromatic rings. The van der Waals surface area contributed by atoms with Gasteiger partial charge in [0.05, 0.1) is 23.3 Å². The third-order valence-electron chi connectivity index (χ3n) is 5.20. The number of amides is 1. The third kappa shape index (κ3) is 5.11. The van der Waals surface area contributed by atoms with Crippen LogP contribution in [0.4, 0.5) is 5.82 Å². The molecule has 1 aliphatic carbocycles. The number of nitrogens with zero attached hydrogens (tertiary/aromatic N) is 2. The molecule has 0 spiro atoms. The van der Waals surface area contributed by atoms with Crippen molar-refractivity contribution in [3.63, 3.8) is 0 Å². The second kappa shape index (κ2) is 9.52. The minimum atomic E-state index is -0.300. The number of thioether (sulfide) groups is 1. The Morgan fingerprint density at radius 1 is 1.25 bits per heavy atom. The average molecular weight is 418 g/mol. The van der Waals surface area contributed by atoms with Crippen molar-refractivity contribution in [1.82, 2.24) is 9.97 Å². The zero-order chi connectivity index (χ0) is 20.1. The fourth-order valence-corrected chi connectivity index (χ4v) is 4.54. The first-order chi connectivity index (χ1) is 13.5. The monoisotopic (exact) mass is 417 g/mol. The summed E-state index contributed by atoms with van der Waals surface area (Å²) in [6.45, 7) is 1.43. The van der Waals surface area contributed by atoms with E-state index in [2.05, 4.69) is 15.3 Å². The molecule has 1 heterocycles. The lowest BCUT2D eigenvalue weighted by Gasteiger charge is -2.21. The Balaban J connectivity index is 1.81. The molecule has 1 amide bonds. The van der Waals surface area contributed by atoms with Crippen molar-refractivity contribution in [2.45, 2.75) is 49.8 Å². The Bertz CT molecular complexity index is 851. The smallest absolute Gasteiger partial charge is 0.233 e. The van der Waals surface area contributed by atoms with Gasteiger partial charge in [0.1, 0.15) is 5.69 Å². The fourth-order valence-electron chi connectivity index (χ4n) is 3.66. The quantitative estimate of drug-likeness (QED) is 0.485. The van der Waals surface area contributed by atoms with Crippen molar-refractivity contribution in [3.8, 4) is 0 Å². The van der Waals surface area contributed by atoms with Crippen LogP contribution in [0.3, 0.4) is 0 Å². The van der Waals surface area contributed by atoms with E-state index in [4.69, 9.17) is 11.6 Å². The summed E-state index contributed by atoms with van der Waals surface area (Å²) in [6.07, 6.45) is 10.3. The Hall–Kier alpha value is -1.92. The van der Waals surface area contributed by atoms with E-state index in [-0.39, 0.29) is 23.3 Å². The highest BCUT2D eigenvalue weighted by atomic mass is 35.5. The lowest BCUT2D eigenvalue weighted by molar-refractivity contribution is -0.118. The van der Waals surface area contributed by atoms with Gasteiger partial charge in [0.2, 0.25) is 5.91 Å². The van der Waals surface area contributed by atoms with Crippen LogP contribution in [0, 0.1) is 5.92 Å². The van der Waals surface area contributed by atoms with E-state index < -0.39 is 0 Å². The largest absolute Gasteiger partial charge is 0.309 e. The minimum Gasteiger partial charge on any atom is -0.309 e. The van der Waals surface area contributed by atoms with Crippen molar-refractivity contribution in [2.75, 3.05) is 11.6 Å². The molecule has 1 fully saturated rings. The number of hydrogen-bond acceptors (Lipinski definition) is 5. The van der Waals surface area contributed by atoms with Gasteiger partial charge in [-0.3, -0.25) is 9.59 Å². The second-order valence-corrected chi connectivity index (χ2v) is 8.42. The molecular formula is C21H24ClN3O2S. The van der Waals surface area contributed by atoms with Crippen LogP contribution in [-0.4, -0.2) is 27.9 Å². The third-order valence-corrected chi connectivity index (χ3v) is 6.42. The summed E-state index contributed by atoms with van der Waals surface area (Å²) in [5, 5.41) is 3.52. The summed E-state index contributed by atoms with van der Waals surface area (Å²) in [5.41, 5.74) is 1.19. The molecule has 0 bridgehead atoms. The normalized spacial score (nSPS) is 15.4. The molecule has 1 atom stereocenters. The maximum atomic E-state index is 13.1. The molecule has 1 aromatic heterocycles. The highest BCUT2D eigenvalue weighted by Crippen LogP contribution is 2.37. The van der Waals surface area contributed by atoms with E-state index in [1.165, 1.54) is 32.2 Å². The van der Waals surface area contributed by atoms with Gasteiger partial charge in [0, 0.05) is 11.8 Å². The van der Waals surface area contributed by atoms with E-state index in [0.29, 0.717) is 16.8 Å². The number of halogens is 1. The highest BCUT2D eigenvalue weighted by Gasteiger charge is 2.27. The van der Waals surface area contributed by atoms with Crippen LogP contribution in [0.5, 0.6) is 0 Å². The maximum absolute atomic E-state index is 13.1. The minimum absolute atomic E-state index is 0.121. The van der Waals surface area contributed by atoms with Gasteiger partial charge >= 0.3 is 0 Å². The van der Waals surface area contributed by atoms with Crippen LogP contribution in [0.25, 0.3) is 0 Å². The molecule has 7 heteroatoms. The number of rotatable bonds is 7. The number of anilines is 1. The Morgan fingerprint density at radius 3 is 2.57 bits per heavy atom. The summed E-state index contributed by atoms with van der Waals surface area (Å²) in [6, 6.07) is 5.86. The van der Waals surface area contributed by atoms with Gasteiger partial charge in [0.25, 0.3) is 0 Å². The molecule has 5 nitrogen and oxygen atoms in total. The topological polar surface area (TPSA) is 72.0 Å². The van der Waals surface area contributed by atoms with E-state index in [1.54, 1.807) is 11.8 Å². The summed E-state index contributed by atoms with van der Waals surface area (Å²) in [7, 11) is 0. The summed E-state index contributed by atoms with van der Waals surface area (Å²) in [4.78, 5) is 33.6. The molecule has 1 saturated carbocycles. The predicted octanol–water partition coefficient (Wildman–Crippen LogP) is 5.36. The zero-order valence-electron chi connectivity index (χ0n) is 16.1. The zero-order valence-corrected chi connectivity index (χ0v) is 17.6. The Morgan fingerprint density at radius 2 is 2.00 bits per heavy atom. The molecule has 3 rings (SSSR count). The number of ketones is 1. The molecular weight excluding hydrogens is 394 g/mol. The number of nitrogens with one attached hydrogen (secondary N) is 1. The maximum Gasteiger partial charge on any atom is 0.233 e. The highest BCUT2D eigenvalue weighted by molar-refractivity contribution is 7.98. The van der Waals surface area contributed by atoms with Crippen LogP contribution in [-0.2, 0) is 4.79 Å². The first-order valence-electron chi connectivity index (χ1n) is 9.45. The molecule has 1 N–H and O–H groups in total. The number of hydrogen-bond donors (Lipinski definition) is 1. The van der Waals surface area contributed by atoms with Gasteiger partial charge in [0.15, 0.2) is 11.6 Å². The molecule has 1 aliphatic rings. The lowest BCUT2D eigenvalue weighted by atomic mass is 9.87. The Kier molecular flexibility index (Phi) is 7.08. The fraction of sp³-hybridized carbons (Fsp3) is 0.429. The average Bonchev–Trinajstić information content (AvgIpc) is 3.19. The molecule has 1 unspecified atom stereocenters. The van der Waals surface area contributed by atoms with E-state index in [1.807, 2.05) is 24.5 Å². The van der Waals surface area contributed by atoms with Gasteiger partial charge in [-0.1, -0.05) is 43.4 Å². The predicted molar refractivity (Wildman–Crippen MR) is 113 cm³/mol. The second-order valence-electron chi connectivity index (χ2n) is 7.17. The SMILES string of the molecule is CSc1ccc(C(CC2CCCC2)C(=O)Nc2cnc(C(C)=O)cn2)cc1Cl. The number of carbonyl (C=O) groups excluding carboxylic acids is 2. The number of aromatic nitrogens is 2. The molecule has 0 saturated heterocycles. The summed E-state index contributed by atoms with van der Waals surface area (Å²) < 4.78 is 0. The molecule has 148 valence electrons. The van der Waals surface area contributed by atoms with Gasteiger partial charge < -0.3 is 5.32 Å². The van der Waals surface area contributed by atoms with Crippen molar-refractivity contribution in [1.29, 1.82) is 0 Å². The van der Waals surface area contributed by atoms with Crippen LogP contribution < -0.4 is 5.32 Å². The van der Waals surface area contributed by atoms with Crippen molar-refractivity contribution in [3.05, 3.63) is 46.9 Å². The van der Waals surface area contributed by atoms with E-state index >= 15 is 0 Å². The molecule has 1 aromatic carbocycles. The van der Waals surface area contributed by atoms with Crippen LogP contribution in [0.15, 0.2) is 35.5 Å². The molecule has 0 aliphatic heterocycles. The first-order valence-corrected chi connectivity index (χ1v) is 11.1. The van der Waals surface area contributed by atoms with E-state index in [0.717, 1.165) is 29.7 Å². The Labute approximate surface area is 174 Å². The van der Waals surface area contributed by atoms with Gasteiger partial charge in [-0.2, -0.15) is 0 Å². The van der Waals surface area contributed by atoms with Crippen molar-refractivity contribution in [2.24, 2.45) is 5.92 Å². The summed E-state index contributed by atoms with van der Waals surface area (Å²) in [5.74, 6) is 0.308. The molecule has 0 radical (unpaired) electrons. The van der Waals surface area contributed by atoms with E-state index in [9.17, 15) is 9.59 Å². The number of carbonyl (C=O) groups is 2. The molecule has 28 heavy (non-hydrogen) atoms. The van der Waals surface area contributed by atoms with Gasteiger partial charge in [-0.25, -0.2) is 9.97 Å². The van der Waals surface area contributed by atoms with Crippen molar-refractivity contribution >= 4 is 40.9 Å². The van der Waals surface area contributed by atoms with Gasteiger partial charge in [-0.15, -0.1) is 11.8 Å². The number of Topliss-reactive ketones (excluding diaryl/α,β-unsaturated/α-hetero) is 1. The standard InChI is InChI=1S/C21H24ClN3O2S/c1-13(26)18-11-24-20(12-23-18)25-21(27)16(9-14-5-3-4-6-14)15-7-8-19(28-2)17(22)10-15/h7-8,10-12,14,16H,3-6,9H2,1-2H3,(H,24,25,27). The van der Waals surface area contributed by atoms with Gasteiger partial charge in [-0.05, 0) is 36.3 Å².